The Morgan fingerprint density at radius 3 is 2.54 bits per heavy atom. The van der Waals surface area contributed by atoms with Gasteiger partial charge >= 0.3 is 6.03 Å². The lowest BCUT2D eigenvalue weighted by molar-refractivity contribution is -0.148. The largest absolute Gasteiger partial charge is 0.376 e. The molecule has 3 rings (SSSR count). The van der Waals surface area contributed by atoms with Crippen LogP contribution in [0.1, 0.15) is 31.4 Å². The maximum atomic E-state index is 12.1. The third-order valence-electron chi connectivity index (χ3n) is 4.05. The molecule has 1 aromatic rings. The summed E-state index contributed by atoms with van der Waals surface area (Å²) < 4.78 is 10.6. The number of anilines is 1. The highest BCUT2D eigenvalue weighted by atomic mass is 16.6. The normalized spacial score (nSPS) is 21.6. The van der Waals surface area contributed by atoms with Crippen molar-refractivity contribution in [2.45, 2.75) is 38.0 Å². The molecule has 0 bridgehead atoms. The standard InChI is InChI=1S/C17H23N3O4/c1-11(18-16(21)15-10-23-8-9-24-15)12-2-4-13(5-3-12)19-17(22)20-14-6-7-14/h2-5,11,14-15H,6-10H2,1H3,(H,18,21)(H2,19,20,22)/t11-,15+/m1/s1. The van der Waals surface area contributed by atoms with Crippen molar-refractivity contribution in [3.63, 3.8) is 0 Å². The maximum absolute atomic E-state index is 12.1. The first-order valence-electron chi connectivity index (χ1n) is 8.29. The lowest BCUT2D eigenvalue weighted by Gasteiger charge is -2.24. The molecule has 0 radical (unpaired) electrons. The highest BCUT2D eigenvalue weighted by molar-refractivity contribution is 5.89. The number of hydrogen-bond acceptors (Lipinski definition) is 4. The van der Waals surface area contributed by atoms with Gasteiger partial charge in [0.05, 0.1) is 25.9 Å². The Balaban J connectivity index is 1.50. The number of nitrogens with one attached hydrogen (secondary N) is 3. The van der Waals surface area contributed by atoms with Gasteiger partial charge in [-0.1, -0.05) is 12.1 Å². The smallest absolute Gasteiger partial charge is 0.319 e. The van der Waals surface area contributed by atoms with Crippen LogP contribution in [0.15, 0.2) is 24.3 Å². The molecule has 2 fully saturated rings. The highest BCUT2D eigenvalue weighted by Gasteiger charge is 2.24. The van der Waals surface area contributed by atoms with E-state index >= 15 is 0 Å². The Bertz CT molecular complexity index is 580. The zero-order chi connectivity index (χ0) is 16.9. The Hall–Kier alpha value is -2.12. The van der Waals surface area contributed by atoms with Crippen molar-refractivity contribution >= 4 is 17.6 Å². The van der Waals surface area contributed by atoms with Crippen molar-refractivity contribution in [2.75, 3.05) is 25.1 Å². The average Bonchev–Trinajstić information content (AvgIpc) is 3.40. The topological polar surface area (TPSA) is 88.7 Å². The summed E-state index contributed by atoms with van der Waals surface area (Å²) in [4.78, 5) is 23.8. The lowest BCUT2D eigenvalue weighted by Crippen LogP contribution is -2.43. The molecule has 3 amide bonds. The third-order valence-corrected chi connectivity index (χ3v) is 4.05. The third kappa shape index (κ3) is 4.69. The molecular weight excluding hydrogens is 310 g/mol. The van der Waals surface area contributed by atoms with Gasteiger partial charge in [0.1, 0.15) is 0 Å². The summed E-state index contributed by atoms with van der Waals surface area (Å²) in [5.74, 6) is -0.173. The lowest BCUT2D eigenvalue weighted by atomic mass is 10.1. The van der Waals surface area contributed by atoms with Crippen LogP contribution in [-0.4, -0.2) is 43.9 Å². The summed E-state index contributed by atoms with van der Waals surface area (Å²) in [5, 5.41) is 8.58. The minimum Gasteiger partial charge on any atom is -0.376 e. The van der Waals surface area contributed by atoms with Crippen LogP contribution in [0.2, 0.25) is 0 Å². The summed E-state index contributed by atoms with van der Waals surface area (Å²) >= 11 is 0. The van der Waals surface area contributed by atoms with Gasteiger partial charge in [-0.15, -0.1) is 0 Å². The van der Waals surface area contributed by atoms with Crippen LogP contribution in [0.3, 0.4) is 0 Å². The Labute approximate surface area is 141 Å². The molecule has 1 saturated heterocycles. The Morgan fingerprint density at radius 2 is 1.92 bits per heavy atom. The van der Waals surface area contributed by atoms with Crippen molar-refractivity contribution in [1.29, 1.82) is 0 Å². The molecule has 0 unspecified atom stereocenters. The van der Waals surface area contributed by atoms with Gasteiger partial charge in [0.15, 0.2) is 6.10 Å². The molecule has 0 aromatic heterocycles. The van der Waals surface area contributed by atoms with Gasteiger partial charge in [0.25, 0.3) is 5.91 Å². The van der Waals surface area contributed by atoms with Crippen molar-refractivity contribution in [3.8, 4) is 0 Å². The fourth-order valence-corrected chi connectivity index (χ4v) is 2.46. The average molecular weight is 333 g/mol. The summed E-state index contributed by atoms with van der Waals surface area (Å²) in [6, 6.07) is 7.41. The Morgan fingerprint density at radius 1 is 1.17 bits per heavy atom. The molecule has 1 aromatic carbocycles. The van der Waals surface area contributed by atoms with E-state index in [0.717, 1.165) is 24.1 Å². The molecule has 2 aliphatic rings. The number of urea groups is 1. The quantitative estimate of drug-likeness (QED) is 0.763. The number of carbonyl (C=O) groups excluding carboxylic acids is 2. The number of ether oxygens (including phenoxy) is 2. The van der Waals surface area contributed by atoms with Crippen LogP contribution in [0.4, 0.5) is 10.5 Å². The van der Waals surface area contributed by atoms with Crippen molar-refractivity contribution in [1.82, 2.24) is 10.6 Å². The molecule has 0 spiro atoms. The molecule has 24 heavy (non-hydrogen) atoms. The molecule has 1 aliphatic carbocycles. The Kier molecular flexibility index (Phi) is 5.32. The van der Waals surface area contributed by atoms with E-state index in [1.807, 2.05) is 31.2 Å². The molecule has 3 N–H and O–H groups in total. The van der Waals surface area contributed by atoms with Gasteiger partial charge in [-0.2, -0.15) is 0 Å². The van der Waals surface area contributed by atoms with Gasteiger partial charge in [-0.3, -0.25) is 4.79 Å². The van der Waals surface area contributed by atoms with Crippen LogP contribution in [0.5, 0.6) is 0 Å². The molecule has 2 atom stereocenters. The van der Waals surface area contributed by atoms with E-state index in [0.29, 0.717) is 19.3 Å². The first kappa shape index (κ1) is 16.7. The number of carbonyl (C=O) groups is 2. The van der Waals surface area contributed by atoms with Crippen LogP contribution in [0.25, 0.3) is 0 Å². The van der Waals surface area contributed by atoms with Crippen molar-refractivity contribution < 1.29 is 19.1 Å². The van der Waals surface area contributed by atoms with Crippen LogP contribution < -0.4 is 16.0 Å². The maximum Gasteiger partial charge on any atom is 0.319 e. The van der Waals surface area contributed by atoms with Gasteiger partial charge in [-0.05, 0) is 37.5 Å². The van der Waals surface area contributed by atoms with E-state index in [1.165, 1.54) is 0 Å². The SMILES string of the molecule is C[C@@H](NC(=O)[C@@H]1COCCO1)c1ccc(NC(=O)NC2CC2)cc1. The first-order valence-corrected chi connectivity index (χ1v) is 8.29. The van der Waals surface area contributed by atoms with E-state index in [9.17, 15) is 9.59 Å². The van der Waals surface area contributed by atoms with E-state index in [2.05, 4.69) is 16.0 Å². The fourth-order valence-electron chi connectivity index (χ4n) is 2.46. The predicted molar refractivity (Wildman–Crippen MR) is 88.7 cm³/mol. The molecule has 1 heterocycles. The van der Waals surface area contributed by atoms with Gasteiger partial charge in [0, 0.05) is 11.7 Å². The highest BCUT2D eigenvalue weighted by Crippen LogP contribution is 2.20. The minimum atomic E-state index is -0.548. The van der Waals surface area contributed by atoms with E-state index in [1.54, 1.807) is 0 Å². The first-order chi connectivity index (χ1) is 11.6. The molecule has 1 aliphatic heterocycles. The molecular formula is C17H23N3O4. The second-order valence-electron chi connectivity index (χ2n) is 6.16. The summed E-state index contributed by atoms with van der Waals surface area (Å²) in [5.41, 5.74) is 1.67. The predicted octanol–water partition coefficient (Wildman–Crippen LogP) is 1.56. The van der Waals surface area contributed by atoms with Crippen LogP contribution in [0, 0.1) is 0 Å². The minimum absolute atomic E-state index is 0.155. The van der Waals surface area contributed by atoms with E-state index in [-0.39, 0.29) is 24.6 Å². The molecule has 130 valence electrons. The number of benzene rings is 1. The number of rotatable bonds is 5. The molecule has 1 saturated carbocycles. The number of amides is 3. The molecule has 7 nitrogen and oxygen atoms in total. The van der Waals surface area contributed by atoms with E-state index in [4.69, 9.17) is 9.47 Å². The fraction of sp³-hybridized carbons (Fsp3) is 0.529. The molecule has 7 heteroatoms. The zero-order valence-electron chi connectivity index (χ0n) is 13.7. The van der Waals surface area contributed by atoms with Gasteiger partial charge in [0.2, 0.25) is 0 Å². The number of hydrogen-bond donors (Lipinski definition) is 3. The summed E-state index contributed by atoms with van der Waals surface area (Å²) in [6.45, 7) is 3.17. The van der Waals surface area contributed by atoms with E-state index < -0.39 is 6.10 Å². The van der Waals surface area contributed by atoms with Crippen molar-refractivity contribution in [2.24, 2.45) is 0 Å². The zero-order valence-corrected chi connectivity index (χ0v) is 13.7. The van der Waals surface area contributed by atoms with Gasteiger partial charge in [-0.25, -0.2) is 4.79 Å². The van der Waals surface area contributed by atoms with Crippen molar-refractivity contribution in [3.05, 3.63) is 29.8 Å². The van der Waals surface area contributed by atoms with Crippen LogP contribution in [-0.2, 0) is 14.3 Å². The van der Waals surface area contributed by atoms with Crippen LogP contribution >= 0.6 is 0 Å². The van der Waals surface area contributed by atoms with Gasteiger partial charge < -0.3 is 25.4 Å². The summed E-state index contributed by atoms with van der Waals surface area (Å²) in [7, 11) is 0. The monoisotopic (exact) mass is 333 g/mol. The summed E-state index contributed by atoms with van der Waals surface area (Å²) in [6.07, 6.45) is 1.56. The second kappa shape index (κ2) is 7.63. The second-order valence-corrected chi connectivity index (χ2v) is 6.16.